The predicted octanol–water partition coefficient (Wildman–Crippen LogP) is 4.41. The summed E-state index contributed by atoms with van der Waals surface area (Å²) in [7, 11) is 0. The predicted molar refractivity (Wildman–Crippen MR) is 85.5 cm³/mol. The maximum atomic E-state index is 9.36. The van der Waals surface area contributed by atoms with Gasteiger partial charge in [-0.15, -0.1) is 0 Å². The van der Waals surface area contributed by atoms with E-state index in [-0.39, 0.29) is 4.43 Å². The second-order valence-corrected chi connectivity index (χ2v) is 5.20. The maximum absolute atomic E-state index is 9.36. The highest BCUT2D eigenvalue weighted by Crippen LogP contribution is 2.09. The zero-order valence-corrected chi connectivity index (χ0v) is 13.8. The van der Waals surface area contributed by atoms with E-state index in [1.807, 2.05) is 0 Å². The molecule has 0 aliphatic rings. The van der Waals surface area contributed by atoms with Gasteiger partial charge in [0.25, 0.3) is 0 Å². The fourth-order valence-electron chi connectivity index (χ4n) is 1.60. The topological polar surface area (TPSA) is 57.5 Å². The first-order valence-electron chi connectivity index (χ1n) is 7.07. The number of unbranched alkanes of at least 4 members (excludes halogenated alkanes) is 9. The number of hydrogen-bond donors (Lipinski definition) is 2. The highest BCUT2D eigenvalue weighted by Gasteiger charge is 1.91. The lowest BCUT2D eigenvalue weighted by molar-refractivity contribution is -0.133. The van der Waals surface area contributed by atoms with Gasteiger partial charge in [-0.25, -0.2) is 0 Å². The van der Waals surface area contributed by atoms with Crippen LogP contribution in [0.4, 0.5) is 0 Å². The van der Waals surface area contributed by atoms with Crippen LogP contribution < -0.4 is 0 Å². The molecule has 18 heavy (non-hydrogen) atoms. The number of carboxylic acid groups (broad SMARTS) is 1. The largest absolute Gasteiger partial charge is 0.481 e. The van der Waals surface area contributed by atoms with Crippen molar-refractivity contribution < 1.29 is 15.0 Å². The van der Waals surface area contributed by atoms with Crippen molar-refractivity contribution in [2.75, 3.05) is 11.0 Å². The number of halogens is 1. The van der Waals surface area contributed by atoms with Gasteiger partial charge in [0.2, 0.25) is 0 Å². The van der Waals surface area contributed by atoms with Gasteiger partial charge in [-0.2, -0.15) is 0 Å². The zero-order chi connectivity index (χ0) is 14.1. The number of carbonyl (C=O) groups is 1. The minimum Gasteiger partial charge on any atom is -0.481 e. The summed E-state index contributed by atoms with van der Waals surface area (Å²) in [6.07, 6.45) is 13.3. The summed E-state index contributed by atoms with van der Waals surface area (Å²) in [5.41, 5.74) is 0. The highest BCUT2D eigenvalue weighted by molar-refractivity contribution is 14.1. The summed E-state index contributed by atoms with van der Waals surface area (Å²) >= 11 is 1.78. The molecule has 0 heterocycles. The minimum atomic E-state index is -0.759. The van der Waals surface area contributed by atoms with Crippen LogP contribution in [0.2, 0.25) is 0 Å². The Morgan fingerprint density at radius 2 is 1.22 bits per heavy atom. The summed E-state index contributed by atoms with van der Waals surface area (Å²) in [5.74, 6) is -0.759. The van der Waals surface area contributed by atoms with Crippen LogP contribution in [0.1, 0.15) is 71.1 Å². The van der Waals surface area contributed by atoms with Crippen LogP contribution in [0.15, 0.2) is 0 Å². The molecule has 0 rings (SSSR count). The molecule has 2 N–H and O–H groups in total. The van der Waals surface area contributed by atoms with E-state index in [4.69, 9.17) is 10.2 Å². The summed E-state index contributed by atoms with van der Waals surface area (Å²) in [6, 6.07) is 0. The minimum absolute atomic E-state index is 0.192. The third kappa shape index (κ3) is 25.1. The van der Waals surface area contributed by atoms with E-state index in [1.165, 1.54) is 57.8 Å². The quantitative estimate of drug-likeness (QED) is 0.321. The molecule has 0 amide bonds. The Morgan fingerprint density at radius 3 is 1.50 bits per heavy atom. The molecule has 0 saturated heterocycles. The molecule has 0 fully saturated rings. The van der Waals surface area contributed by atoms with Crippen LogP contribution in [-0.2, 0) is 4.79 Å². The molecule has 110 valence electrons. The normalized spacial score (nSPS) is 9.72. The molecule has 0 aliphatic carbocycles. The Labute approximate surface area is 126 Å². The number of rotatable bonds is 11. The lowest BCUT2D eigenvalue weighted by Crippen LogP contribution is -1.91. The van der Waals surface area contributed by atoms with E-state index in [9.17, 15) is 4.79 Å². The molecule has 4 heteroatoms. The highest BCUT2D eigenvalue weighted by atomic mass is 127. The zero-order valence-electron chi connectivity index (χ0n) is 11.7. The molecule has 0 radical (unpaired) electrons. The fourth-order valence-corrected chi connectivity index (χ4v) is 1.60. The van der Waals surface area contributed by atoms with E-state index in [2.05, 4.69) is 6.92 Å². The average molecular weight is 372 g/mol. The SMILES string of the molecule is CCCCCCCCCCCCO.O=C(O)CI. The molecule has 0 aromatic rings. The number of hydrogen-bond acceptors (Lipinski definition) is 2. The Hall–Kier alpha value is 0.160. The van der Waals surface area contributed by atoms with Crippen molar-refractivity contribution in [1.82, 2.24) is 0 Å². The van der Waals surface area contributed by atoms with E-state index in [0.29, 0.717) is 6.61 Å². The second kappa shape index (κ2) is 19.5. The summed E-state index contributed by atoms with van der Waals surface area (Å²) in [5, 5.41) is 16.3. The van der Waals surface area contributed by atoms with Crippen molar-refractivity contribution >= 4 is 28.6 Å². The second-order valence-electron chi connectivity index (χ2n) is 4.43. The molecule has 0 aromatic carbocycles. The first-order valence-corrected chi connectivity index (χ1v) is 8.60. The van der Waals surface area contributed by atoms with Crippen molar-refractivity contribution in [3.8, 4) is 0 Å². The van der Waals surface area contributed by atoms with Gasteiger partial charge in [-0.1, -0.05) is 87.3 Å². The monoisotopic (exact) mass is 372 g/mol. The van der Waals surface area contributed by atoms with Crippen molar-refractivity contribution in [1.29, 1.82) is 0 Å². The van der Waals surface area contributed by atoms with Crippen LogP contribution in [-0.4, -0.2) is 27.2 Å². The van der Waals surface area contributed by atoms with E-state index in [1.54, 1.807) is 22.6 Å². The van der Waals surface area contributed by atoms with E-state index in [0.717, 1.165) is 6.42 Å². The summed E-state index contributed by atoms with van der Waals surface area (Å²) in [4.78, 5) is 9.36. The van der Waals surface area contributed by atoms with Gasteiger partial charge >= 0.3 is 5.97 Å². The Balaban J connectivity index is 0. The van der Waals surface area contributed by atoms with E-state index < -0.39 is 5.97 Å². The van der Waals surface area contributed by atoms with Crippen LogP contribution in [0.25, 0.3) is 0 Å². The van der Waals surface area contributed by atoms with Crippen LogP contribution in [0.3, 0.4) is 0 Å². The van der Waals surface area contributed by atoms with Gasteiger partial charge in [0.05, 0.1) is 4.43 Å². The number of aliphatic carboxylic acids is 1. The number of aliphatic hydroxyl groups is 1. The number of aliphatic hydroxyl groups excluding tert-OH is 1. The molecular formula is C14H29IO3. The molecule has 0 aromatic heterocycles. The van der Waals surface area contributed by atoms with Crippen LogP contribution >= 0.6 is 22.6 Å². The molecule has 0 unspecified atom stereocenters. The lowest BCUT2D eigenvalue weighted by atomic mass is 10.1. The summed E-state index contributed by atoms with van der Waals surface area (Å²) < 4.78 is 0.192. The van der Waals surface area contributed by atoms with Crippen molar-refractivity contribution in [2.45, 2.75) is 71.1 Å². The Kier molecular flexibility index (Phi) is 22.2. The molecular weight excluding hydrogens is 343 g/mol. The summed E-state index contributed by atoms with van der Waals surface area (Å²) in [6.45, 7) is 2.63. The molecule has 0 bridgehead atoms. The Bertz CT molecular complexity index is 153. The first-order chi connectivity index (χ1) is 8.68. The average Bonchev–Trinajstić information content (AvgIpc) is 2.37. The first kappa shape index (κ1) is 20.5. The van der Waals surface area contributed by atoms with Gasteiger partial charge in [0.1, 0.15) is 0 Å². The molecule has 0 aliphatic heterocycles. The van der Waals surface area contributed by atoms with Crippen LogP contribution in [0, 0.1) is 0 Å². The van der Waals surface area contributed by atoms with Gasteiger partial charge in [-0.05, 0) is 6.42 Å². The van der Waals surface area contributed by atoms with Gasteiger partial charge < -0.3 is 10.2 Å². The smallest absolute Gasteiger partial charge is 0.313 e. The van der Waals surface area contributed by atoms with Crippen LogP contribution in [0.5, 0.6) is 0 Å². The Morgan fingerprint density at radius 1 is 0.889 bits per heavy atom. The van der Waals surface area contributed by atoms with Gasteiger partial charge in [0, 0.05) is 6.61 Å². The van der Waals surface area contributed by atoms with Gasteiger partial charge in [0.15, 0.2) is 0 Å². The standard InChI is InChI=1S/C12H26O.C2H3IO2/c1-2-3-4-5-6-7-8-9-10-11-12-13;3-1-2(4)5/h13H,2-12H2,1H3;1H2,(H,4,5). The van der Waals surface area contributed by atoms with E-state index >= 15 is 0 Å². The van der Waals surface area contributed by atoms with Crippen molar-refractivity contribution in [2.24, 2.45) is 0 Å². The molecule has 0 atom stereocenters. The fraction of sp³-hybridized carbons (Fsp3) is 0.929. The third-order valence-corrected chi connectivity index (χ3v) is 3.28. The molecule has 0 spiro atoms. The lowest BCUT2D eigenvalue weighted by Gasteiger charge is -2.00. The van der Waals surface area contributed by atoms with Gasteiger partial charge in [-0.3, -0.25) is 4.79 Å². The maximum Gasteiger partial charge on any atom is 0.313 e. The third-order valence-electron chi connectivity index (χ3n) is 2.63. The molecule has 3 nitrogen and oxygen atoms in total. The van der Waals surface area contributed by atoms with Crippen molar-refractivity contribution in [3.63, 3.8) is 0 Å². The van der Waals surface area contributed by atoms with Crippen molar-refractivity contribution in [3.05, 3.63) is 0 Å². The number of alkyl halides is 1. The molecule has 0 saturated carbocycles. The number of carboxylic acids is 1.